The summed E-state index contributed by atoms with van der Waals surface area (Å²) in [6.45, 7) is 4.36. The highest BCUT2D eigenvalue weighted by Crippen LogP contribution is 2.20. The number of hydrogen-bond donors (Lipinski definition) is 1. The van der Waals surface area contributed by atoms with Gasteiger partial charge in [0.15, 0.2) is 5.79 Å². The lowest BCUT2D eigenvalue weighted by atomic mass is 10.1. The Morgan fingerprint density at radius 3 is 2.50 bits per heavy atom. The zero-order valence-electron chi connectivity index (χ0n) is 10.2. The predicted molar refractivity (Wildman–Crippen MR) is 59.8 cm³/mol. The van der Waals surface area contributed by atoms with Crippen LogP contribution in [0.4, 0.5) is 0 Å². The molecule has 92 valence electrons. The fraction of sp³-hybridized carbons (Fsp3) is 0.800. The summed E-state index contributed by atoms with van der Waals surface area (Å²) in [5.41, 5.74) is 2.44. The summed E-state index contributed by atoms with van der Waals surface area (Å²) < 4.78 is 10.8. The summed E-state index contributed by atoms with van der Waals surface area (Å²) in [4.78, 5) is 13.3. The molecule has 0 atom stereocenters. The number of amides is 1. The predicted octanol–water partition coefficient (Wildman–Crippen LogP) is 0.00660. The maximum atomic E-state index is 11.6. The number of ether oxygens (including phenoxy) is 2. The summed E-state index contributed by atoms with van der Waals surface area (Å²) in [5, 5.41) is 3.77. The lowest BCUT2D eigenvalue weighted by Crippen LogP contribution is -2.44. The first-order chi connectivity index (χ1) is 7.41. The minimum atomic E-state index is -0.594. The summed E-state index contributed by atoms with van der Waals surface area (Å²) >= 11 is 0. The van der Waals surface area contributed by atoms with Crippen molar-refractivity contribution in [1.82, 2.24) is 10.3 Å². The lowest BCUT2D eigenvalue weighted by molar-refractivity contribution is -0.259. The van der Waals surface area contributed by atoms with Gasteiger partial charge in [0.2, 0.25) is 5.91 Å². The van der Waals surface area contributed by atoms with E-state index in [1.165, 1.54) is 6.34 Å². The molecule has 0 unspecified atom stereocenters. The van der Waals surface area contributed by atoms with E-state index in [-0.39, 0.29) is 11.8 Å². The SMILES string of the molecule is CN(C)/C=N/NC(=O)C1COC(C)(C)OC1. The molecule has 0 radical (unpaired) electrons. The first kappa shape index (κ1) is 12.9. The van der Waals surface area contributed by atoms with Gasteiger partial charge in [0.1, 0.15) is 6.34 Å². The molecular weight excluding hydrogens is 210 g/mol. The van der Waals surface area contributed by atoms with Gasteiger partial charge in [0, 0.05) is 14.1 Å². The van der Waals surface area contributed by atoms with Crippen LogP contribution in [-0.4, -0.2) is 50.2 Å². The van der Waals surface area contributed by atoms with E-state index in [0.29, 0.717) is 13.2 Å². The number of carbonyl (C=O) groups excluding carboxylic acids is 1. The van der Waals surface area contributed by atoms with Crippen LogP contribution >= 0.6 is 0 Å². The Balaban J connectivity index is 2.34. The van der Waals surface area contributed by atoms with Crippen molar-refractivity contribution in [2.24, 2.45) is 11.0 Å². The standard InChI is InChI=1S/C10H19N3O3/c1-10(2)15-5-8(6-16-10)9(14)12-11-7-13(3)4/h7-8H,5-6H2,1-4H3,(H,12,14)/b11-7+. The highest BCUT2D eigenvalue weighted by atomic mass is 16.7. The lowest BCUT2D eigenvalue weighted by Gasteiger charge is -2.33. The normalized spacial score (nSPS) is 21.0. The Morgan fingerprint density at radius 1 is 1.44 bits per heavy atom. The molecule has 0 aromatic rings. The van der Waals surface area contributed by atoms with E-state index in [0.717, 1.165) is 0 Å². The van der Waals surface area contributed by atoms with Crippen LogP contribution in [0.15, 0.2) is 5.10 Å². The van der Waals surface area contributed by atoms with Gasteiger partial charge in [0.05, 0.1) is 19.1 Å². The van der Waals surface area contributed by atoms with E-state index in [9.17, 15) is 4.79 Å². The van der Waals surface area contributed by atoms with Gasteiger partial charge >= 0.3 is 0 Å². The Bertz CT molecular complexity index is 266. The average molecular weight is 229 g/mol. The Labute approximate surface area is 95.6 Å². The van der Waals surface area contributed by atoms with Crippen LogP contribution in [0, 0.1) is 5.92 Å². The average Bonchev–Trinajstić information content (AvgIpc) is 2.16. The highest BCUT2D eigenvalue weighted by molar-refractivity contribution is 5.79. The zero-order valence-corrected chi connectivity index (χ0v) is 10.2. The second-order valence-electron chi connectivity index (χ2n) is 4.40. The van der Waals surface area contributed by atoms with Crippen molar-refractivity contribution in [1.29, 1.82) is 0 Å². The minimum absolute atomic E-state index is 0.186. The first-order valence-corrected chi connectivity index (χ1v) is 5.18. The topological polar surface area (TPSA) is 63.2 Å². The van der Waals surface area contributed by atoms with Gasteiger partial charge in [-0.3, -0.25) is 4.79 Å². The van der Waals surface area contributed by atoms with E-state index >= 15 is 0 Å². The number of rotatable bonds is 3. The van der Waals surface area contributed by atoms with Gasteiger partial charge in [-0.1, -0.05) is 0 Å². The molecule has 1 fully saturated rings. The quantitative estimate of drug-likeness (QED) is 0.420. The smallest absolute Gasteiger partial charge is 0.247 e. The molecule has 1 rings (SSSR count). The van der Waals surface area contributed by atoms with Crippen LogP contribution in [0.5, 0.6) is 0 Å². The zero-order chi connectivity index (χ0) is 12.2. The number of nitrogens with zero attached hydrogens (tertiary/aromatic N) is 2. The fourth-order valence-corrected chi connectivity index (χ4v) is 1.14. The van der Waals surface area contributed by atoms with Gasteiger partial charge in [-0.15, -0.1) is 0 Å². The Kier molecular flexibility index (Phi) is 4.26. The molecule has 1 aliphatic rings. The number of hydrazone groups is 1. The van der Waals surface area contributed by atoms with Crippen LogP contribution in [0.3, 0.4) is 0 Å². The molecule has 1 amide bonds. The third kappa shape index (κ3) is 4.16. The molecule has 6 heteroatoms. The highest BCUT2D eigenvalue weighted by Gasteiger charge is 2.31. The van der Waals surface area contributed by atoms with Crippen LogP contribution < -0.4 is 5.43 Å². The summed E-state index contributed by atoms with van der Waals surface area (Å²) in [6.07, 6.45) is 1.52. The van der Waals surface area contributed by atoms with Gasteiger partial charge in [-0.05, 0) is 13.8 Å². The van der Waals surface area contributed by atoms with E-state index in [1.807, 2.05) is 27.9 Å². The van der Waals surface area contributed by atoms with E-state index < -0.39 is 5.79 Å². The molecule has 1 heterocycles. The first-order valence-electron chi connectivity index (χ1n) is 5.18. The summed E-state index contributed by atoms with van der Waals surface area (Å²) in [7, 11) is 3.65. The summed E-state index contributed by atoms with van der Waals surface area (Å²) in [5.74, 6) is -1.08. The second-order valence-corrected chi connectivity index (χ2v) is 4.40. The molecular formula is C10H19N3O3. The minimum Gasteiger partial charge on any atom is -0.367 e. The van der Waals surface area contributed by atoms with E-state index in [2.05, 4.69) is 10.5 Å². The van der Waals surface area contributed by atoms with Crippen molar-refractivity contribution in [3.63, 3.8) is 0 Å². The molecule has 0 saturated carbocycles. The van der Waals surface area contributed by atoms with Crippen LogP contribution in [0.25, 0.3) is 0 Å². The molecule has 0 bridgehead atoms. The third-order valence-corrected chi connectivity index (χ3v) is 2.10. The largest absolute Gasteiger partial charge is 0.367 e. The van der Waals surface area contributed by atoms with Crippen molar-refractivity contribution >= 4 is 12.2 Å². The number of nitrogens with one attached hydrogen (secondary N) is 1. The summed E-state index contributed by atoms with van der Waals surface area (Å²) in [6, 6.07) is 0. The molecule has 0 aromatic heterocycles. The van der Waals surface area contributed by atoms with Gasteiger partial charge < -0.3 is 14.4 Å². The molecule has 6 nitrogen and oxygen atoms in total. The molecule has 1 N–H and O–H groups in total. The van der Waals surface area contributed by atoms with Gasteiger partial charge in [0.25, 0.3) is 0 Å². The molecule has 0 aromatic carbocycles. The monoisotopic (exact) mass is 229 g/mol. The van der Waals surface area contributed by atoms with Crippen LogP contribution in [-0.2, 0) is 14.3 Å². The molecule has 16 heavy (non-hydrogen) atoms. The van der Waals surface area contributed by atoms with Gasteiger partial charge in [-0.2, -0.15) is 5.10 Å². The molecule has 0 aliphatic carbocycles. The third-order valence-electron chi connectivity index (χ3n) is 2.10. The van der Waals surface area contributed by atoms with Crippen molar-refractivity contribution in [2.75, 3.05) is 27.3 Å². The maximum Gasteiger partial charge on any atom is 0.247 e. The second kappa shape index (κ2) is 5.27. The maximum absolute atomic E-state index is 11.6. The van der Waals surface area contributed by atoms with Crippen molar-refractivity contribution in [2.45, 2.75) is 19.6 Å². The Hall–Kier alpha value is -1.14. The Morgan fingerprint density at radius 2 is 2.00 bits per heavy atom. The van der Waals surface area contributed by atoms with Crippen molar-refractivity contribution in [3.8, 4) is 0 Å². The number of hydrogen-bond acceptors (Lipinski definition) is 4. The van der Waals surface area contributed by atoms with E-state index in [4.69, 9.17) is 9.47 Å². The van der Waals surface area contributed by atoms with Crippen LogP contribution in [0.2, 0.25) is 0 Å². The van der Waals surface area contributed by atoms with Crippen LogP contribution in [0.1, 0.15) is 13.8 Å². The number of carbonyl (C=O) groups is 1. The van der Waals surface area contributed by atoms with Crippen molar-refractivity contribution in [3.05, 3.63) is 0 Å². The van der Waals surface area contributed by atoms with Crippen molar-refractivity contribution < 1.29 is 14.3 Å². The molecule has 0 spiro atoms. The van der Waals surface area contributed by atoms with Gasteiger partial charge in [-0.25, -0.2) is 5.43 Å². The van der Waals surface area contributed by atoms with E-state index in [1.54, 1.807) is 4.90 Å². The fourth-order valence-electron chi connectivity index (χ4n) is 1.14. The molecule has 1 saturated heterocycles. The molecule has 1 aliphatic heterocycles.